The normalized spacial score (nSPS) is 29.8. The molecule has 21 heavy (non-hydrogen) atoms. The highest BCUT2D eigenvalue weighted by Crippen LogP contribution is 2.45. The van der Waals surface area contributed by atoms with E-state index in [4.69, 9.17) is 9.47 Å². The zero-order chi connectivity index (χ0) is 16.3. The third-order valence-corrected chi connectivity index (χ3v) is 4.85. The van der Waals surface area contributed by atoms with Crippen LogP contribution in [0.2, 0.25) is 0 Å². The molecule has 4 nitrogen and oxygen atoms in total. The van der Waals surface area contributed by atoms with E-state index in [0.717, 1.165) is 31.0 Å². The zero-order valence-corrected chi connectivity index (χ0v) is 15.3. The number of carbonyl (C=O) groups excluding carboxylic acids is 2. The second kappa shape index (κ2) is 7.12. The van der Waals surface area contributed by atoms with Gasteiger partial charge in [-0.3, -0.25) is 9.59 Å². The summed E-state index contributed by atoms with van der Waals surface area (Å²) < 4.78 is 10.7. The Balaban J connectivity index is 2.97. The molecule has 1 aliphatic rings. The molecule has 1 aliphatic carbocycles. The van der Waals surface area contributed by atoms with Gasteiger partial charge in [0.1, 0.15) is 6.10 Å². The molecule has 122 valence electrons. The standard InChI is InChI=1S/C16H27BrO4/c1-15(2,3)13(18)21-12-7-6-9-16(4,14(19)20-5)11(12)8-10-17/h11-12H,6-10H2,1-5H3/t11-,12+,16-/m0/s1. The Hall–Kier alpha value is -0.580. The fourth-order valence-corrected chi connectivity index (χ4v) is 3.52. The summed E-state index contributed by atoms with van der Waals surface area (Å²) in [4.78, 5) is 24.4. The molecule has 0 N–H and O–H groups in total. The van der Waals surface area contributed by atoms with E-state index in [1.807, 2.05) is 27.7 Å². The van der Waals surface area contributed by atoms with Crippen molar-refractivity contribution in [1.29, 1.82) is 0 Å². The molecule has 1 fully saturated rings. The summed E-state index contributed by atoms with van der Waals surface area (Å²) in [5.74, 6) is -0.421. The van der Waals surface area contributed by atoms with Gasteiger partial charge in [-0.05, 0) is 53.4 Å². The van der Waals surface area contributed by atoms with Crippen LogP contribution < -0.4 is 0 Å². The highest BCUT2D eigenvalue weighted by Gasteiger charge is 2.49. The molecule has 1 saturated carbocycles. The summed E-state index contributed by atoms with van der Waals surface area (Å²) in [6, 6.07) is 0. The van der Waals surface area contributed by atoms with Gasteiger partial charge >= 0.3 is 11.9 Å². The Kier molecular flexibility index (Phi) is 6.26. The van der Waals surface area contributed by atoms with E-state index >= 15 is 0 Å². The smallest absolute Gasteiger partial charge is 0.311 e. The number of methoxy groups -OCH3 is 1. The van der Waals surface area contributed by atoms with Crippen molar-refractivity contribution in [3.63, 3.8) is 0 Å². The van der Waals surface area contributed by atoms with Crippen LogP contribution in [-0.4, -0.2) is 30.5 Å². The molecule has 0 aliphatic heterocycles. The summed E-state index contributed by atoms with van der Waals surface area (Å²) in [6.07, 6.45) is 3.03. The Labute approximate surface area is 136 Å². The summed E-state index contributed by atoms with van der Waals surface area (Å²) >= 11 is 3.45. The van der Waals surface area contributed by atoms with Crippen LogP contribution in [0.5, 0.6) is 0 Å². The van der Waals surface area contributed by atoms with Crippen LogP contribution in [0.25, 0.3) is 0 Å². The number of esters is 2. The SMILES string of the molecule is COC(=O)[C@@]1(C)CCC[C@@H](OC(=O)C(C)(C)C)[C@@H]1CCBr. The Morgan fingerprint density at radius 3 is 2.43 bits per heavy atom. The quantitative estimate of drug-likeness (QED) is 0.564. The van der Waals surface area contributed by atoms with E-state index in [0.29, 0.717) is 0 Å². The van der Waals surface area contributed by atoms with Crippen LogP contribution in [0.1, 0.15) is 53.4 Å². The molecule has 0 heterocycles. The lowest BCUT2D eigenvalue weighted by molar-refractivity contribution is -0.177. The number of halogens is 1. The van der Waals surface area contributed by atoms with Crippen molar-refractivity contribution >= 4 is 27.9 Å². The lowest BCUT2D eigenvalue weighted by atomic mass is 9.65. The van der Waals surface area contributed by atoms with Gasteiger partial charge in [0.05, 0.1) is 17.9 Å². The molecule has 0 amide bonds. The maximum absolute atomic E-state index is 12.2. The Morgan fingerprint density at radius 2 is 1.95 bits per heavy atom. The molecule has 0 spiro atoms. The van der Waals surface area contributed by atoms with Crippen LogP contribution in [0, 0.1) is 16.7 Å². The van der Waals surface area contributed by atoms with Gasteiger partial charge in [0.2, 0.25) is 0 Å². The van der Waals surface area contributed by atoms with Gasteiger partial charge in [-0.15, -0.1) is 0 Å². The van der Waals surface area contributed by atoms with Gasteiger partial charge in [-0.2, -0.15) is 0 Å². The number of rotatable bonds is 4. The third kappa shape index (κ3) is 4.21. The van der Waals surface area contributed by atoms with Crippen molar-refractivity contribution in [3.05, 3.63) is 0 Å². The first-order chi connectivity index (χ1) is 9.66. The molecule has 0 aromatic rings. The van der Waals surface area contributed by atoms with Crippen molar-refractivity contribution in [2.24, 2.45) is 16.7 Å². The molecule has 0 bridgehead atoms. The first-order valence-electron chi connectivity index (χ1n) is 7.52. The highest BCUT2D eigenvalue weighted by atomic mass is 79.9. The summed E-state index contributed by atoms with van der Waals surface area (Å²) in [5, 5.41) is 0.772. The van der Waals surface area contributed by atoms with Gasteiger partial charge in [-0.25, -0.2) is 0 Å². The van der Waals surface area contributed by atoms with Crippen molar-refractivity contribution < 1.29 is 19.1 Å². The van der Waals surface area contributed by atoms with Crippen molar-refractivity contribution in [2.75, 3.05) is 12.4 Å². The number of alkyl halides is 1. The molecule has 5 heteroatoms. The molecule has 0 radical (unpaired) electrons. The lowest BCUT2D eigenvalue weighted by Crippen LogP contribution is -2.48. The third-order valence-electron chi connectivity index (χ3n) is 4.39. The van der Waals surface area contributed by atoms with Crippen molar-refractivity contribution in [1.82, 2.24) is 0 Å². The summed E-state index contributed by atoms with van der Waals surface area (Å²) in [7, 11) is 1.42. The molecule has 0 aromatic carbocycles. The van der Waals surface area contributed by atoms with E-state index in [-0.39, 0.29) is 24.0 Å². The first kappa shape index (κ1) is 18.5. The Morgan fingerprint density at radius 1 is 1.33 bits per heavy atom. The fraction of sp³-hybridized carbons (Fsp3) is 0.875. The van der Waals surface area contributed by atoms with Crippen molar-refractivity contribution in [3.8, 4) is 0 Å². The van der Waals surface area contributed by atoms with E-state index in [2.05, 4.69) is 15.9 Å². The van der Waals surface area contributed by atoms with Crippen LogP contribution in [0.3, 0.4) is 0 Å². The lowest BCUT2D eigenvalue weighted by Gasteiger charge is -2.43. The molecule has 1 rings (SSSR count). The fourth-order valence-electron chi connectivity index (χ4n) is 3.03. The number of hydrogen-bond acceptors (Lipinski definition) is 4. The van der Waals surface area contributed by atoms with Gasteiger partial charge in [-0.1, -0.05) is 15.9 Å². The molecular weight excluding hydrogens is 336 g/mol. The van der Waals surface area contributed by atoms with Crippen LogP contribution in [0.15, 0.2) is 0 Å². The summed E-state index contributed by atoms with van der Waals surface area (Å²) in [6.45, 7) is 7.47. The van der Waals surface area contributed by atoms with Crippen LogP contribution in [0.4, 0.5) is 0 Å². The van der Waals surface area contributed by atoms with Crippen molar-refractivity contribution in [2.45, 2.75) is 59.5 Å². The molecule has 0 aromatic heterocycles. The maximum Gasteiger partial charge on any atom is 0.311 e. The average Bonchev–Trinajstić information content (AvgIpc) is 2.40. The van der Waals surface area contributed by atoms with Crippen LogP contribution >= 0.6 is 15.9 Å². The molecule has 0 unspecified atom stereocenters. The number of carbonyl (C=O) groups is 2. The van der Waals surface area contributed by atoms with E-state index in [1.54, 1.807) is 0 Å². The largest absolute Gasteiger partial charge is 0.469 e. The van der Waals surface area contributed by atoms with E-state index in [1.165, 1.54) is 7.11 Å². The first-order valence-corrected chi connectivity index (χ1v) is 8.64. The second-order valence-electron chi connectivity index (χ2n) is 7.08. The van der Waals surface area contributed by atoms with Gasteiger partial charge in [0.15, 0.2) is 0 Å². The van der Waals surface area contributed by atoms with Gasteiger partial charge < -0.3 is 9.47 Å². The van der Waals surface area contributed by atoms with E-state index < -0.39 is 10.8 Å². The highest BCUT2D eigenvalue weighted by molar-refractivity contribution is 9.09. The van der Waals surface area contributed by atoms with Gasteiger partial charge in [0.25, 0.3) is 0 Å². The molecular formula is C16H27BrO4. The zero-order valence-electron chi connectivity index (χ0n) is 13.7. The molecule has 3 atom stereocenters. The summed E-state index contributed by atoms with van der Waals surface area (Å²) in [5.41, 5.74) is -1.11. The predicted molar refractivity (Wildman–Crippen MR) is 85.2 cm³/mol. The topological polar surface area (TPSA) is 52.6 Å². The number of ether oxygens (including phenoxy) is 2. The van der Waals surface area contributed by atoms with E-state index in [9.17, 15) is 9.59 Å². The van der Waals surface area contributed by atoms with Gasteiger partial charge in [0, 0.05) is 11.2 Å². The Bertz CT molecular complexity index is 388. The minimum Gasteiger partial charge on any atom is -0.469 e. The maximum atomic E-state index is 12.2. The predicted octanol–water partition coefficient (Wildman–Crippen LogP) is 3.71. The molecule has 0 saturated heterocycles. The number of hydrogen-bond donors (Lipinski definition) is 0. The minimum absolute atomic E-state index is 0.00984. The monoisotopic (exact) mass is 362 g/mol. The van der Waals surface area contributed by atoms with Crippen LogP contribution in [-0.2, 0) is 19.1 Å². The second-order valence-corrected chi connectivity index (χ2v) is 7.87. The average molecular weight is 363 g/mol. The minimum atomic E-state index is -0.580.